The van der Waals surface area contributed by atoms with Crippen LogP contribution >= 0.6 is 0 Å². The summed E-state index contributed by atoms with van der Waals surface area (Å²) in [5.74, 6) is -0.789. The van der Waals surface area contributed by atoms with Crippen molar-refractivity contribution in [2.75, 3.05) is 25.5 Å². The number of hydrogen-bond acceptors (Lipinski definition) is 3. The normalized spacial score (nSPS) is 13.9. The number of anilines is 1. The number of nitrogens with zero attached hydrogens (tertiary/aromatic N) is 1. The Morgan fingerprint density at radius 1 is 1.32 bits per heavy atom. The lowest BCUT2D eigenvalue weighted by atomic mass is 9.88. The van der Waals surface area contributed by atoms with Crippen LogP contribution in [0.15, 0.2) is 24.3 Å². The highest BCUT2D eigenvalue weighted by atomic mass is 16.4. The molecule has 0 amide bonds. The van der Waals surface area contributed by atoms with Crippen molar-refractivity contribution in [3.05, 3.63) is 29.8 Å². The molecule has 0 fully saturated rings. The zero-order valence-corrected chi connectivity index (χ0v) is 12.2. The van der Waals surface area contributed by atoms with Crippen molar-refractivity contribution in [2.24, 2.45) is 0 Å². The van der Waals surface area contributed by atoms with Gasteiger partial charge in [-0.25, -0.2) is 0 Å². The van der Waals surface area contributed by atoms with Gasteiger partial charge in [0.15, 0.2) is 0 Å². The van der Waals surface area contributed by atoms with Crippen molar-refractivity contribution in [3.8, 4) is 0 Å². The number of rotatable bonds is 7. The monoisotopic (exact) mass is 264 g/mol. The van der Waals surface area contributed by atoms with E-state index in [-0.39, 0.29) is 6.42 Å². The number of benzene rings is 1. The molecule has 4 heteroatoms. The van der Waals surface area contributed by atoms with Crippen molar-refractivity contribution in [3.63, 3.8) is 0 Å². The van der Waals surface area contributed by atoms with Crippen molar-refractivity contribution in [2.45, 2.75) is 32.2 Å². The Morgan fingerprint density at radius 2 is 1.89 bits per heavy atom. The first kappa shape index (κ1) is 15.5. The molecular weight excluding hydrogens is 240 g/mol. The quantitative estimate of drug-likeness (QED) is 0.794. The SMILES string of the molecule is CCCNC(C)(CC(=O)O)c1ccc(N(C)C)cc1. The maximum absolute atomic E-state index is 11.1. The number of nitrogens with one attached hydrogen (secondary N) is 1. The molecule has 1 aromatic rings. The molecule has 0 heterocycles. The van der Waals surface area contributed by atoms with E-state index in [1.165, 1.54) is 0 Å². The summed E-state index contributed by atoms with van der Waals surface area (Å²) in [6, 6.07) is 8.04. The van der Waals surface area contributed by atoms with Gasteiger partial charge >= 0.3 is 5.97 Å². The van der Waals surface area contributed by atoms with E-state index >= 15 is 0 Å². The van der Waals surface area contributed by atoms with E-state index in [0.29, 0.717) is 0 Å². The number of carboxylic acids is 1. The summed E-state index contributed by atoms with van der Waals surface area (Å²) in [7, 11) is 3.97. The molecule has 0 aliphatic heterocycles. The first-order chi connectivity index (χ1) is 8.89. The van der Waals surface area contributed by atoms with Crippen LogP contribution in [0.1, 0.15) is 32.3 Å². The molecule has 0 radical (unpaired) electrons. The maximum Gasteiger partial charge on any atom is 0.305 e. The van der Waals surface area contributed by atoms with Crippen LogP contribution in [0.5, 0.6) is 0 Å². The highest BCUT2D eigenvalue weighted by Gasteiger charge is 2.28. The molecule has 0 aliphatic carbocycles. The summed E-state index contributed by atoms with van der Waals surface area (Å²) in [5, 5.41) is 12.5. The highest BCUT2D eigenvalue weighted by Crippen LogP contribution is 2.26. The molecule has 0 aromatic heterocycles. The number of carboxylic acid groups (broad SMARTS) is 1. The number of aliphatic carboxylic acids is 1. The molecular formula is C15H24N2O2. The summed E-state index contributed by atoms with van der Waals surface area (Å²) in [4.78, 5) is 13.1. The van der Waals surface area contributed by atoms with Gasteiger partial charge in [0.25, 0.3) is 0 Å². The Labute approximate surface area is 115 Å². The molecule has 1 unspecified atom stereocenters. The summed E-state index contributed by atoms with van der Waals surface area (Å²) in [5.41, 5.74) is 1.60. The van der Waals surface area contributed by atoms with Crippen molar-refractivity contribution >= 4 is 11.7 Å². The Bertz CT molecular complexity index is 415. The van der Waals surface area contributed by atoms with Crippen molar-refractivity contribution in [1.82, 2.24) is 5.32 Å². The minimum Gasteiger partial charge on any atom is -0.481 e. The van der Waals surface area contributed by atoms with Crippen LogP contribution in [-0.2, 0) is 10.3 Å². The van der Waals surface area contributed by atoms with E-state index in [0.717, 1.165) is 24.2 Å². The second-order valence-corrected chi connectivity index (χ2v) is 5.27. The summed E-state index contributed by atoms with van der Waals surface area (Å²) in [6.45, 7) is 4.82. The maximum atomic E-state index is 11.1. The van der Waals surface area contributed by atoms with Crippen LogP contribution in [0.3, 0.4) is 0 Å². The lowest BCUT2D eigenvalue weighted by Crippen LogP contribution is -2.41. The average molecular weight is 264 g/mol. The van der Waals surface area contributed by atoms with Gasteiger partial charge in [-0.3, -0.25) is 4.79 Å². The van der Waals surface area contributed by atoms with E-state index in [4.69, 9.17) is 5.11 Å². The molecule has 0 saturated heterocycles. The highest BCUT2D eigenvalue weighted by molar-refractivity contribution is 5.69. The van der Waals surface area contributed by atoms with E-state index in [1.807, 2.05) is 50.2 Å². The first-order valence-electron chi connectivity index (χ1n) is 6.63. The molecule has 19 heavy (non-hydrogen) atoms. The van der Waals surface area contributed by atoms with Crippen LogP contribution in [0.25, 0.3) is 0 Å². The first-order valence-corrected chi connectivity index (χ1v) is 6.63. The van der Waals surface area contributed by atoms with E-state index in [9.17, 15) is 4.79 Å². The van der Waals surface area contributed by atoms with Crippen LogP contribution in [-0.4, -0.2) is 31.7 Å². The van der Waals surface area contributed by atoms with Gasteiger partial charge in [0.2, 0.25) is 0 Å². The summed E-state index contributed by atoms with van der Waals surface area (Å²) >= 11 is 0. The summed E-state index contributed by atoms with van der Waals surface area (Å²) < 4.78 is 0. The predicted octanol–water partition coefficient (Wildman–Crippen LogP) is 2.44. The molecule has 0 saturated carbocycles. The van der Waals surface area contributed by atoms with E-state index < -0.39 is 11.5 Å². The third-order valence-corrected chi connectivity index (χ3v) is 3.29. The predicted molar refractivity (Wildman–Crippen MR) is 78.7 cm³/mol. The Morgan fingerprint density at radius 3 is 2.32 bits per heavy atom. The van der Waals surface area contributed by atoms with Gasteiger partial charge in [-0.2, -0.15) is 0 Å². The van der Waals surface area contributed by atoms with Crippen molar-refractivity contribution < 1.29 is 9.90 Å². The standard InChI is InChI=1S/C15H24N2O2/c1-5-10-16-15(2,11-14(18)19)12-6-8-13(9-7-12)17(3)4/h6-9,16H,5,10-11H2,1-4H3,(H,18,19). The van der Waals surface area contributed by atoms with Crippen LogP contribution < -0.4 is 10.2 Å². The lowest BCUT2D eigenvalue weighted by Gasteiger charge is -2.30. The summed E-state index contributed by atoms with van der Waals surface area (Å²) in [6.07, 6.45) is 1.05. The average Bonchev–Trinajstić information content (AvgIpc) is 2.35. The van der Waals surface area contributed by atoms with Gasteiger partial charge in [0.1, 0.15) is 0 Å². The number of carbonyl (C=O) groups is 1. The van der Waals surface area contributed by atoms with E-state index in [2.05, 4.69) is 12.2 Å². The van der Waals surface area contributed by atoms with Gasteiger partial charge in [0.05, 0.1) is 12.0 Å². The Kier molecular flexibility index (Phi) is 5.36. The van der Waals surface area contributed by atoms with Crippen LogP contribution in [0.2, 0.25) is 0 Å². The Balaban J connectivity index is 2.99. The van der Waals surface area contributed by atoms with Crippen molar-refractivity contribution in [1.29, 1.82) is 0 Å². The molecule has 1 rings (SSSR count). The zero-order valence-electron chi connectivity index (χ0n) is 12.2. The minimum atomic E-state index is -0.789. The fourth-order valence-corrected chi connectivity index (χ4v) is 2.10. The third-order valence-electron chi connectivity index (χ3n) is 3.29. The van der Waals surface area contributed by atoms with Crippen LogP contribution in [0, 0.1) is 0 Å². The molecule has 1 atom stereocenters. The lowest BCUT2D eigenvalue weighted by molar-refractivity contribution is -0.138. The second-order valence-electron chi connectivity index (χ2n) is 5.27. The van der Waals surface area contributed by atoms with Gasteiger partial charge < -0.3 is 15.3 Å². The van der Waals surface area contributed by atoms with Crippen LogP contribution in [0.4, 0.5) is 5.69 Å². The van der Waals surface area contributed by atoms with Gasteiger partial charge in [-0.05, 0) is 37.6 Å². The smallest absolute Gasteiger partial charge is 0.305 e. The fourth-order valence-electron chi connectivity index (χ4n) is 2.10. The third kappa shape index (κ3) is 4.24. The zero-order chi connectivity index (χ0) is 14.5. The van der Waals surface area contributed by atoms with Gasteiger partial charge in [-0.15, -0.1) is 0 Å². The second kappa shape index (κ2) is 6.57. The molecule has 0 aliphatic rings. The molecule has 4 nitrogen and oxygen atoms in total. The van der Waals surface area contributed by atoms with Gasteiger partial charge in [0, 0.05) is 19.8 Å². The molecule has 1 aromatic carbocycles. The molecule has 0 bridgehead atoms. The largest absolute Gasteiger partial charge is 0.481 e. The minimum absolute atomic E-state index is 0.0777. The topological polar surface area (TPSA) is 52.6 Å². The van der Waals surface area contributed by atoms with E-state index in [1.54, 1.807) is 0 Å². The fraction of sp³-hybridized carbons (Fsp3) is 0.533. The van der Waals surface area contributed by atoms with Gasteiger partial charge in [-0.1, -0.05) is 19.1 Å². The number of hydrogen-bond donors (Lipinski definition) is 2. The Hall–Kier alpha value is -1.55. The molecule has 106 valence electrons. The molecule has 2 N–H and O–H groups in total. The molecule has 0 spiro atoms.